The van der Waals surface area contributed by atoms with Crippen LogP contribution in [-0.4, -0.2) is 25.2 Å². The summed E-state index contributed by atoms with van der Waals surface area (Å²) >= 11 is 0. The largest absolute Gasteiger partial charge is 0.496 e. The van der Waals surface area contributed by atoms with Gasteiger partial charge in [-0.2, -0.15) is 0 Å². The minimum atomic E-state index is -0.484. The lowest BCUT2D eigenvalue weighted by molar-refractivity contribution is -0.385. The summed E-state index contributed by atoms with van der Waals surface area (Å²) in [6.45, 7) is 2.79. The van der Waals surface area contributed by atoms with Crippen molar-refractivity contribution in [2.75, 3.05) is 20.3 Å². The number of nitrogens with zero attached hydrogens (tertiary/aromatic N) is 1. The zero-order valence-electron chi connectivity index (χ0n) is 13.2. The number of para-hydroxylation sites is 1. The van der Waals surface area contributed by atoms with Gasteiger partial charge in [-0.25, -0.2) is 0 Å². The number of ether oxygens (including phenoxy) is 3. The number of aryl methyl sites for hydroxylation is 1. The van der Waals surface area contributed by atoms with E-state index >= 15 is 0 Å². The molecule has 0 heterocycles. The SMILES string of the molecule is COc1ccc(OCCCOc2ccccc2C)c([N+](=O)[O-])c1. The lowest BCUT2D eigenvalue weighted by Gasteiger charge is -2.10. The molecule has 0 bridgehead atoms. The maximum absolute atomic E-state index is 11.0. The van der Waals surface area contributed by atoms with Crippen molar-refractivity contribution < 1.29 is 19.1 Å². The van der Waals surface area contributed by atoms with Crippen LogP contribution in [0.1, 0.15) is 12.0 Å². The first-order chi connectivity index (χ1) is 11.1. The summed E-state index contributed by atoms with van der Waals surface area (Å²) in [6, 6.07) is 12.3. The van der Waals surface area contributed by atoms with Gasteiger partial charge in [-0.1, -0.05) is 18.2 Å². The third-order valence-electron chi connectivity index (χ3n) is 3.26. The summed E-state index contributed by atoms with van der Waals surface area (Å²) < 4.78 is 16.1. The second-order valence-corrected chi connectivity index (χ2v) is 4.91. The van der Waals surface area contributed by atoms with Crippen molar-refractivity contribution in [3.63, 3.8) is 0 Å². The summed E-state index contributed by atoms with van der Waals surface area (Å²) in [5.74, 6) is 1.49. The Bertz CT molecular complexity index is 672. The van der Waals surface area contributed by atoms with Crippen LogP contribution in [0.3, 0.4) is 0 Å². The number of nitro groups is 1. The predicted octanol–water partition coefficient (Wildman–Crippen LogP) is 3.76. The lowest BCUT2D eigenvalue weighted by Crippen LogP contribution is -2.06. The summed E-state index contributed by atoms with van der Waals surface area (Å²) in [5.41, 5.74) is 0.961. The van der Waals surface area contributed by atoms with Crippen LogP contribution < -0.4 is 14.2 Å². The molecule has 0 aromatic heterocycles. The molecule has 0 radical (unpaired) electrons. The summed E-state index contributed by atoms with van der Waals surface area (Å²) in [4.78, 5) is 10.6. The highest BCUT2D eigenvalue weighted by Crippen LogP contribution is 2.31. The number of rotatable bonds is 8. The van der Waals surface area contributed by atoms with Crippen molar-refractivity contribution in [3.8, 4) is 17.2 Å². The molecule has 0 N–H and O–H groups in total. The van der Waals surface area contributed by atoms with E-state index in [0.717, 1.165) is 11.3 Å². The molecule has 6 nitrogen and oxygen atoms in total. The molecular weight excluding hydrogens is 298 g/mol. The molecule has 2 aromatic carbocycles. The van der Waals surface area contributed by atoms with Crippen LogP contribution >= 0.6 is 0 Å². The maximum Gasteiger partial charge on any atom is 0.314 e. The molecule has 0 aliphatic rings. The van der Waals surface area contributed by atoms with Gasteiger partial charge in [-0.05, 0) is 30.7 Å². The Morgan fingerprint density at radius 3 is 2.39 bits per heavy atom. The first kappa shape index (κ1) is 16.6. The predicted molar refractivity (Wildman–Crippen MR) is 86.4 cm³/mol. The van der Waals surface area contributed by atoms with Gasteiger partial charge < -0.3 is 14.2 Å². The standard InChI is InChI=1S/C17H19NO5/c1-13-6-3-4-7-16(13)22-10-5-11-23-17-9-8-14(21-2)12-15(17)18(19)20/h3-4,6-9,12H,5,10-11H2,1-2H3. The van der Waals surface area contributed by atoms with E-state index in [1.807, 2.05) is 31.2 Å². The fourth-order valence-electron chi connectivity index (χ4n) is 2.03. The van der Waals surface area contributed by atoms with Crippen molar-refractivity contribution in [1.29, 1.82) is 0 Å². The van der Waals surface area contributed by atoms with Crippen LogP contribution in [0.5, 0.6) is 17.2 Å². The molecule has 0 spiro atoms. The number of hydrogen-bond acceptors (Lipinski definition) is 5. The fourth-order valence-corrected chi connectivity index (χ4v) is 2.03. The van der Waals surface area contributed by atoms with Gasteiger partial charge in [0, 0.05) is 6.42 Å². The van der Waals surface area contributed by atoms with Crippen molar-refractivity contribution >= 4 is 5.69 Å². The van der Waals surface area contributed by atoms with Gasteiger partial charge >= 0.3 is 5.69 Å². The summed E-state index contributed by atoms with van der Waals surface area (Å²) in [6.07, 6.45) is 0.623. The Kier molecular flexibility index (Phi) is 5.80. The second kappa shape index (κ2) is 8.03. The number of methoxy groups -OCH3 is 1. The van der Waals surface area contributed by atoms with Crippen molar-refractivity contribution in [2.24, 2.45) is 0 Å². The van der Waals surface area contributed by atoms with Crippen LogP contribution in [0.4, 0.5) is 5.69 Å². The first-order valence-corrected chi connectivity index (χ1v) is 7.25. The normalized spacial score (nSPS) is 10.2. The van der Waals surface area contributed by atoms with E-state index in [-0.39, 0.29) is 11.4 Å². The second-order valence-electron chi connectivity index (χ2n) is 4.91. The third kappa shape index (κ3) is 4.60. The Morgan fingerprint density at radius 2 is 1.74 bits per heavy atom. The van der Waals surface area contributed by atoms with E-state index in [2.05, 4.69) is 0 Å². The Balaban J connectivity index is 1.84. The molecule has 0 aliphatic heterocycles. The molecule has 0 aliphatic carbocycles. The van der Waals surface area contributed by atoms with E-state index in [1.54, 1.807) is 12.1 Å². The molecule has 6 heteroatoms. The lowest BCUT2D eigenvalue weighted by atomic mass is 10.2. The molecule has 0 saturated heterocycles. The van der Waals surface area contributed by atoms with Gasteiger partial charge in [0.2, 0.25) is 0 Å². The van der Waals surface area contributed by atoms with E-state index < -0.39 is 4.92 Å². The van der Waals surface area contributed by atoms with Crippen LogP contribution in [0.2, 0.25) is 0 Å². The molecule has 0 fully saturated rings. The van der Waals surface area contributed by atoms with Crippen molar-refractivity contribution in [1.82, 2.24) is 0 Å². The monoisotopic (exact) mass is 317 g/mol. The molecule has 0 unspecified atom stereocenters. The van der Waals surface area contributed by atoms with Gasteiger partial charge in [-0.15, -0.1) is 0 Å². The van der Waals surface area contributed by atoms with E-state index in [4.69, 9.17) is 14.2 Å². The summed E-state index contributed by atoms with van der Waals surface area (Å²) in [5, 5.41) is 11.0. The van der Waals surface area contributed by atoms with Crippen molar-refractivity contribution in [3.05, 3.63) is 58.1 Å². The Hall–Kier alpha value is -2.76. The molecule has 0 saturated carbocycles. The molecule has 0 amide bonds. The molecule has 2 aromatic rings. The van der Waals surface area contributed by atoms with E-state index in [9.17, 15) is 10.1 Å². The highest BCUT2D eigenvalue weighted by Gasteiger charge is 2.16. The minimum absolute atomic E-state index is 0.107. The average Bonchev–Trinajstić information content (AvgIpc) is 2.56. The summed E-state index contributed by atoms with van der Waals surface area (Å²) in [7, 11) is 1.46. The molecule has 23 heavy (non-hydrogen) atoms. The highest BCUT2D eigenvalue weighted by molar-refractivity contribution is 5.50. The van der Waals surface area contributed by atoms with Crippen LogP contribution in [0.15, 0.2) is 42.5 Å². The van der Waals surface area contributed by atoms with Gasteiger partial charge in [-0.3, -0.25) is 10.1 Å². The zero-order valence-corrected chi connectivity index (χ0v) is 13.2. The maximum atomic E-state index is 11.0. The number of nitro benzene ring substituents is 1. The quantitative estimate of drug-likeness (QED) is 0.421. The average molecular weight is 317 g/mol. The van der Waals surface area contributed by atoms with Gasteiger partial charge in [0.1, 0.15) is 11.5 Å². The van der Waals surface area contributed by atoms with Crippen molar-refractivity contribution in [2.45, 2.75) is 13.3 Å². The molecule has 122 valence electrons. The third-order valence-corrected chi connectivity index (χ3v) is 3.26. The fraction of sp³-hybridized carbons (Fsp3) is 0.294. The molecular formula is C17H19NO5. The van der Waals surface area contributed by atoms with E-state index in [1.165, 1.54) is 13.2 Å². The molecule has 0 atom stereocenters. The van der Waals surface area contributed by atoms with Crippen LogP contribution in [0.25, 0.3) is 0 Å². The zero-order chi connectivity index (χ0) is 16.7. The Morgan fingerprint density at radius 1 is 1.04 bits per heavy atom. The first-order valence-electron chi connectivity index (χ1n) is 7.25. The topological polar surface area (TPSA) is 70.8 Å². The van der Waals surface area contributed by atoms with E-state index in [0.29, 0.717) is 25.4 Å². The molecule has 2 rings (SSSR count). The van der Waals surface area contributed by atoms with Gasteiger partial charge in [0.05, 0.1) is 31.3 Å². The van der Waals surface area contributed by atoms with Gasteiger partial charge in [0.15, 0.2) is 5.75 Å². The number of benzene rings is 2. The minimum Gasteiger partial charge on any atom is -0.496 e. The highest BCUT2D eigenvalue weighted by atomic mass is 16.6. The van der Waals surface area contributed by atoms with Crippen LogP contribution in [-0.2, 0) is 0 Å². The van der Waals surface area contributed by atoms with Crippen LogP contribution in [0, 0.1) is 17.0 Å². The van der Waals surface area contributed by atoms with Gasteiger partial charge in [0.25, 0.3) is 0 Å². The number of hydrogen-bond donors (Lipinski definition) is 0. The Labute approximate surface area is 134 Å². The smallest absolute Gasteiger partial charge is 0.314 e.